The van der Waals surface area contributed by atoms with Crippen molar-refractivity contribution in [3.05, 3.63) is 71.3 Å². The van der Waals surface area contributed by atoms with Gasteiger partial charge in [-0.15, -0.1) is 0 Å². The molecule has 1 aliphatic rings. The average Bonchev–Trinajstić information content (AvgIpc) is 3.14. The quantitative estimate of drug-likeness (QED) is 0.493. The van der Waals surface area contributed by atoms with Crippen molar-refractivity contribution in [1.29, 1.82) is 0 Å². The standard InChI is InChI=1S/C24H28O2/c1-16(2)14-21-22(24(21,4)5)23(25)26-15-19-12-9-13-20(17(19)3)18-10-7-6-8-11-18/h6-14,21-22H,15H2,1-5H3/t21-,22-/m0/s1. The highest BCUT2D eigenvalue weighted by atomic mass is 16.5. The highest BCUT2D eigenvalue weighted by molar-refractivity contribution is 5.78. The zero-order valence-electron chi connectivity index (χ0n) is 16.4. The summed E-state index contributed by atoms with van der Waals surface area (Å²) in [4.78, 5) is 12.6. The second-order valence-electron chi connectivity index (χ2n) is 8.13. The maximum absolute atomic E-state index is 12.6. The van der Waals surface area contributed by atoms with Crippen molar-refractivity contribution < 1.29 is 9.53 Å². The predicted molar refractivity (Wildman–Crippen MR) is 107 cm³/mol. The molecule has 2 nitrogen and oxygen atoms in total. The summed E-state index contributed by atoms with van der Waals surface area (Å²) in [6.07, 6.45) is 2.20. The molecule has 0 saturated heterocycles. The van der Waals surface area contributed by atoms with Crippen LogP contribution in [0.4, 0.5) is 0 Å². The van der Waals surface area contributed by atoms with E-state index in [9.17, 15) is 4.79 Å². The summed E-state index contributed by atoms with van der Waals surface area (Å²) in [5.74, 6) is 0.175. The molecular formula is C24H28O2. The minimum absolute atomic E-state index is 0.00468. The van der Waals surface area contributed by atoms with Crippen molar-refractivity contribution in [2.24, 2.45) is 17.3 Å². The van der Waals surface area contributed by atoms with Gasteiger partial charge in [0.1, 0.15) is 6.61 Å². The molecule has 0 amide bonds. The molecule has 2 aromatic rings. The van der Waals surface area contributed by atoms with Crippen LogP contribution in [0.25, 0.3) is 11.1 Å². The van der Waals surface area contributed by atoms with Crippen LogP contribution in [-0.4, -0.2) is 5.97 Å². The van der Waals surface area contributed by atoms with Gasteiger partial charge >= 0.3 is 5.97 Å². The maximum Gasteiger partial charge on any atom is 0.310 e. The minimum atomic E-state index is -0.0815. The number of carbonyl (C=O) groups is 1. The number of benzene rings is 2. The molecule has 1 aliphatic carbocycles. The molecule has 3 rings (SSSR count). The number of allylic oxidation sites excluding steroid dienone is 2. The maximum atomic E-state index is 12.6. The van der Waals surface area contributed by atoms with E-state index in [2.05, 4.69) is 58.9 Å². The van der Waals surface area contributed by atoms with Gasteiger partial charge in [0.25, 0.3) is 0 Å². The Morgan fingerprint density at radius 2 is 1.77 bits per heavy atom. The molecule has 0 heterocycles. The lowest BCUT2D eigenvalue weighted by atomic mass is 9.97. The van der Waals surface area contributed by atoms with Crippen LogP contribution in [-0.2, 0) is 16.1 Å². The van der Waals surface area contributed by atoms with Gasteiger partial charge in [0.05, 0.1) is 5.92 Å². The molecule has 136 valence electrons. The van der Waals surface area contributed by atoms with Crippen molar-refractivity contribution in [2.45, 2.75) is 41.2 Å². The highest BCUT2D eigenvalue weighted by Gasteiger charge is 2.61. The Bertz CT molecular complexity index is 827. The van der Waals surface area contributed by atoms with Gasteiger partial charge in [0.15, 0.2) is 0 Å². The summed E-state index contributed by atoms with van der Waals surface area (Å²) in [5.41, 5.74) is 5.86. The van der Waals surface area contributed by atoms with Gasteiger partial charge in [-0.1, -0.05) is 74.0 Å². The Morgan fingerprint density at radius 3 is 2.42 bits per heavy atom. The Kier molecular flexibility index (Phi) is 5.04. The molecule has 1 saturated carbocycles. The third-order valence-corrected chi connectivity index (χ3v) is 5.58. The summed E-state index contributed by atoms with van der Waals surface area (Å²) in [6.45, 7) is 10.9. The van der Waals surface area contributed by atoms with Crippen LogP contribution in [0.5, 0.6) is 0 Å². The van der Waals surface area contributed by atoms with Gasteiger partial charge in [-0.2, -0.15) is 0 Å². The van der Waals surface area contributed by atoms with E-state index in [1.54, 1.807) is 0 Å². The first-order valence-electron chi connectivity index (χ1n) is 9.28. The smallest absolute Gasteiger partial charge is 0.310 e. The molecule has 0 N–H and O–H groups in total. The normalized spacial score (nSPS) is 20.3. The van der Waals surface area contributed by atoms with Crippen molar-refractivity contribution in [2.75, 3.05) is 0 Å². The van der Waals surface area contributed by atoms with Crippen molar-refractivity contribution >= 4 is 5.97 Å². The number of hydrogen-bond acceptors (Lipinski definition) is 2. The number of hydrogen-bond donors (Lipinski definition) is 0. The summed E-state index contributed by atoms with van der Waals surface area (Å²) >= 11 is 0. The number of ether oxygens (including phenoxy) is 1. The highest BCUT2D eigenvalue weighted by Crippen LogP contribution is 2.59. The SMILES string of the molecule is CC(C)=C[C@H]1[C@@H](C(=O)OCc2cccc(-c3ccccc3)c2C)C1(C)C. The van der Waals surface area contributed by atoms with Crippen LogP contribution in [0.3, 0.4) is 0 Å². The summed E-state index contributed by atoms with van der Waals surface area (Å²) in [6, 6.07) is 16.5. The zero-order valence-corrected chi connectivity index (χ0v) is 16.4. The fraction of sp³-hybridized carbons (Fsp3) is 0.375. The Morgan fingerprint density at radius 1 is 1.08 bits per heavy atom. The van der Waals surface area contributed by atoms with Gasteiger partial charge in [-0.25, -0.2) is 0 Å². The molecule has 0 aromatic heterocycles. The van der Waals surface area contributed by atoms with E-state index in [0.29, 0.717) is 6.61 Å². The Labute approximate surface area is 156 Å². The monoisotopic (exact) mass is 348 g/mol. The molecule has 26 heavy (non-hydrogen) atoms. The average molecular weight is 348 g/mol. The van der Waals surface area contributed by atoms with Crippen LogP contribution in [0.15, 0.2) is 60.2 Å². The van der Waals surface area contributed by atoms with Crippen LogP contribution in [0.2, 0.25) is 0 Å². The van der Waals surface area contributed by atoms with Crippen LogP contribution >= 0.6 is 0 Å². The first kappa shape index (κ1) is 18.4. The van der Waals surface area contributed by atoms with Gasteiger partial charge in [0.2, 0.25) is 0 Å². The summed E-state index contributed by atoms with van der Waals surface area (Å²) in [5, 5.41) is 0. The Hall–Kier alpha value is -2.35. The van der Waals surface area contributed by atoms with Crippen LogP contribution in [0.1, 0.15) is 38.8 Å². The molecule has 2 heteroatoms. The fourth-order valence-corrected chi connectivity index (χ4v) is 3.81. The zero-order chi connectivity index (χ0) is 18.9. The van der Waals surface area contributed by atoms with E-state index in [4.69, 9.17) is 4.74 Å². The molecule has 0 aliphatic heterocycles. The minimum Gasteiger partial charge on any atom is -0.461 e. The fourth-order valence-electron chi connectivity index (χ4n) is 3.81. The molecule has 2 aromatic carbocycles. The summed E-state index contributed by atoms with van der Waals surface area (Å²) < 4.78 is 5.70. The van der Waals surface area contributed by atoms with E-state index in [-0.39, 0.29) is 23.2 Å². The largest absolute Gasteiger partial charge is 0.461 e. The van der Waals surface area contributed by atoms with Crippen LogP contribution in [0, 0.1) is 24.2 Å². The number of esters is 1. The van der Waals surface area contributed by atoms with Gasteiger partial charge in [-0.3, -0.25) is 4.79 Å². The topological polar surface area (TPSA) is 26.3 Å². The predicted octanol–water partition coefficient (Wildman–Crippen LogP) is 5.94. The third kappa shape index (κ3) is 3.60. The van der Waals surface area contributed by atoms with Crippen LogP contribution < -0.4 is 0 Å². The van der Waals surface area contributed by atoms with Crippen molar-refractivity contribution in [3.8, 4) is 11.1 Å². The lowest BCUT2D eigenvalue weighted by Gasteiger charge is -2.12. The number of rotatable bonds is 5. The lowest BCUT2D eigenvalue weighted by molar-refractivity contribution is -0.147. The van der Waals surface area contributed by atoms with Crippen molar-refractivity contribution in [3.63, 3.8) is 0 Å². The van der Waals surface area contributed by atoms with Crippen molar-refractivity contribution in [1.82, 2.24) is 0 Å². The second kappa shape index (κ2) is 7.11. The molecule has 0 unspecified atom stereocenters. The molecular weight excluding hydrogens is 320 g/mol. The molecule has 1 fully saturated rings. The molecule has 0 spiro atoms. The van der Waals surface area contributed by atoms with Gasteiger partial charge in [0, 0.05) is 0 Å². The Balaban J connectivity index is 1.71. The second-order valence-corrected chi connectivity index (χ2v) is 8.13. The van der Waals surface area contributed by atoms with E-state index < -0.39 is 0 Å². The van der Waals surface area contributed by atoms with E-state index in [1.165, 1.54) is 22.3 Å². The molecule has 2 atom stereocenters. The van der Waals surface area contributed by atoms with E-state index >= 15 is 0 Å². The van der Waals surface area contributed by atoms with E-state index in [0.717, 1.165) is 5.56 Å². The molecule has 0 radical (unpaired) electrons. The lowest BCUT2D eigenvalue weighted by Crippen LogP contribution is -2.11. The van der Waals surface area contributed by atoms with Gasteiger partial charge in [-0.05, 0) is 54.4 Å². The van der Waals surface area contributed by atoms with E-state index in [1.807, 2.05) is 30.3 Å². The summed E-state index contributed by atoms with van der Waals surface area (Å²) in [7, 11) is 0. The first-order valence-corrected chi connectivity index (χ1v) is 9.28. The third-order valence-electron chi connectivity index (χ3n) is 5.58. The molecule has 0 bridgehead atoms. The first-order chi connectivity index (χ1) is 12.3. The van der Waals surface area contributed by atoms with Gasteiger partial charge < -0.3 is 4.74 Å². The number of carbonyl (C=O) groups excluding carboxylic acids is 1.